The number of nitrogens with one attached hydrogen (secondary N) is 2. The number of carbonyl (C=O) groups excluding carboxylic acids is 1. The molecule has 2 atom stereocenters. The number of benzene rings is 1. The van der Waals surface area contributed by atoms with Crippen LogP contribution in [0.2, 0.25) is 0 Å². The van der Waals surface area contributed by atoms with Crippen LogP contribution in [0.4, 0.5) is 0 Å². The number of aryl methyl sites for hydroxylation is 1. The Morgan fingerprint density at radius 3 is 2.87 bits per heavy atom. The van der Waals surface area contributed by atoms with Crippen LogP contribution < -0.4 is 5.32 Å². The zero-order valence-corrected chi connectivity index (χ0v) is 13.0. The van der Waals surface area contributed by atoms with E-state index in [2.05, 4.69) is 23.3 Å². The molecule has 0 spiro atoms. The molecular formula is C17H20N2O4. The number of rotatable bonds is 5. The molecule has 2 aromatic rings. The number of carbonyl (C=O) groups is 2. The van der Waals surface area contributed by atoms with E-state index in [1.165, 1.54) is 10.9 Å². The lowest BCUT2D eigenvalue weighted by atomic mass is 10.1. The minimum atomic E-state index is -1.01. The van der Waals surface area contributed by atoms with Crippen LogP contribution >= 0.6 is 0 Å². The fourth-order valence-electron chi connectivity index (χ4n) is 3.09. The molecule has 3 rings (SSSR count). The molecule has 1 aromatic heterocycles. The summed E-state index contributed by atoms with van der Waals surface area (Å²) >= 11 is 0. The van der Waals surface area contributed by atoms with Crippen molar-refractivity contribution < 1.29 is 19.4 Å². The Hall–Kier alpha value is -2.34. The van der Waals surface area contributed by atoms with Crippen molar-refractivity contribution in [3.8, 4) is 0 Å². The number of fused-ring (bicyclic) bond motifs is 1. The number of aliphatic carboxylic acids is 1. The van der Waals surface area contributed by atoms with E-state index in [0.29, 0.717) is 25.8 Å². The van der Waals surface area contributed by atoms with Crippen molar-refractivity contribution >= 4 is 22.8 Å². The summed E-state index contributed by atoms with van der Waals surface area (Å²) in [6.45, 7) is 2.56. The lowest BCUT2D eigenvalue weighted by Gasteiger charge is -2.11. The van der Waals surface area contributed by atoms with Gasteiger partial charge < -0.3 is 20.1 Å². The van der Waals surface area contributed by atoms with Crippen molar-refractivity contribution in [2.24, 2.45) is 0 Å². The molecule has 6 heteroatoms. The van der Waals surface area contributed by atoms with E-state index in [0.717, 1.165) is 11.1 Å². The molecule has 1 aliphatic heterocycles. The van der Waals surface area contributed by atoms with Gasteiger partial charge in [0.15, 0.2) is 6.10 Å². The van der Waals surface area contributed by atoms with E-state index in [1.807, 2.05) is 18.3 Å². The highest BCUT2D eigenvalue weighted by Gasteiger charge is 2.34. The number of aromatic nitrogens is 1. The highest BCUT2D eigenvalue weighted by atomic mass is 16.5. The Bertz CT molecular complexity index is 737. The summed E-state index contributed by atoms with van der Waals surface area (Å²) < 4.78 is 5.24. The largest absolute Gasteiger partial charge is 0.479 e. The molecule has 122 valence electrons. The average Bonchev–Trinajstić information content (AvgIpc) is 3.15. The van der Waals surface area contributed by atoms with Crippen LogP contribution in [0.3, 0.4) is 0 Å². The number of hydrogen-bond donors (Lipinski definition) is 3. The number of carboxylic acids is 1. The molecule has 1 aromatic carbocycles. The first-order valence-corrected chi connectivity index (χ1v) is 7.78. The van der Waals surface area contributed by atoms with Crippen LogP contribution in [0.1, 0.15) is 24.0 Å². The van der Waals surface area contributed by atoms with E-state index >= 15 is 0 Å². The van der Waals surface area contributed by atoms with Crippen LogP contribution in [0.15, 0.2) is 24.4 Å². The molecule has 2 heterocycles. The first kappa shape index (κ1) is 15.6. The SMILES string of the molecule is Cc1cccc2[nH]cc(CCNC(=O)[C@@H]3CC[C@H](C(=O)O)O3)c12. The summed E-state index contributed by atoms with van der Waals surface area (Å²) in [4.78, 5) is 26.1. The highest BCUT2D eigenvalue weighted by molar-refractivity contribution is 5.86. The predicted octanol–water partition coefficient (Wildman–Crippen LogP) is 1.77. The van der Waals surface area contributed by atoms with Crippen LogP contribution in [-0.2, 0) is 20.7 Å². The second-order valence-electron chi connectivity index (χ2n) is 5.88. The van der Waals surface area contributed by atoms with Crippen molar-refractivity contribution in [1.82, 2.24) is 10.3 Å². The standard InChI is InChI=1S/C17H20N2O4/c1-10-3-2-4-12-15(10)11(9-19-12)7-8-18-16(20)13-5-6-14(23-13)17(21)22/h2-4,9,13-14,19H,5-8H2,1H3,(H,18,20)(H,21,22)/t13-,14+/m0/s1. The van der Waals surface area contributed by atoms with Crippen molar-refractivity contribution in [2.45, 2.75) is 38.4 Å². The van der Waals surface area contributed by atoms with Crippen molar-refractivity contribution in [1.29, 1.82) is 0 Å². The van der Waals surface area contributed by atoms with Crippen molar-refractivity contribution in [2.75, 3.05) is 6.54 Å². The average molecular weight is 316 g/mol. The third kappa shape index (κ3) is 3.22. The number of H-pyrrole nitrogens is 1. The van der Waals surface area contributed by atoms with Gasteiger partial charge in [0, 0.05) is 23.6 Å². The van der Waals surface area contributed by atoms with E-state index < -0.39 is 18.2 Å². The molecule has 0 radical (unpaired) electrons. The molecule has 1 aliphatic rings. The maximum Gasteiger partial charge on any atom is 0.332 e. The zero-order chi connectivity index (χ0) is 16.4. The summed E-state index contributed by atoms with van der Waals surface area (Å²) in [7, 11) is 0. The van der Waals surface area contributed by atoms with Gasteiger partial charge in [-0.05, 0) is 43.4 Å². The van der Waals surface area contributed by atoms with Gasteiger partial charge in [0.25, 0.3) is 0 Å². The fourth-order valence-corrected chi connectivity index (χ4v) is 3.09. The topological polar surface area (TPSA) is 91.4 Å². The number of ether oxygens (including phenoxy) is 1. The van der Waals surface area contributed by atoms with Gasteiger partial charge in [0.1, 0.15) is 6.10 Å². The predicted molar refractivity (Wildman–Crippen MR) is 85.3 cm³/mol. The number of carboxylic acid groups (broad SMARTS) is 1. The van der Waals surface area contributed by atoms with Crippen molar-refractivity contribution in [3.63, 3.8) is 0 Å². The van der Waals surface area contributed by atoms with Gasteiger partial charge in [0.2, 0.25) is 5.91 Å². The van der Waals surface area contributed by atoms with E-state index in [1.54, 1.807) is 0 Å². The Morgan fingerprint density at radius 1 is 1.35 bits per heavy atom. The molecule has 0 unspecified atom stereocenters. The summed E-state index contributed by atoms with van der Waals surface area (Å²) in [5.74, 6) is -1.24. The Balaban J connectivity index is 1.55. The maximum absolute atomic E-state index is 12.0. The van der Waals surface area contributed by atoms with E-state index in [9.17, 15) is 9.59 Å². The van der Waals surface area contributed by atoms with Gasteiger partial charge in [-0.3, -0.25) is 4.79 Å². The molecule has 1 saturated heterocycles. The maximum atomic E-state index is 12.0. The molecule has 23 heavy (non-hydrogen) atoms. The minimum absolute atomic E-state index is 0.231. The Morgan fingerprint density at radius 2 is 2.13 bits per heavy atom. The van der Waals surface area contributed by atoms with Gasteiger partial charge in [-0.15, -0.1) is 0 Å². The first-order chi connectivity index (χ1) is 11.1. The molecule has 1 fully saturated rings. The summed E-state index contributed by atoms with van der Waals surface area (Å²) in [6.07, 6.45) is 2.01. The highest BCUT2D eigenvalue weighted by Crippen LogP contribution is 2.22. The van der Waals surface area contributed by atoms with Crippen LogP contribution in [0.5, 0.6) is 0 Å². The van der Waals surface area contributed by atoms with Crippen LogP contribution in [-0.4, -0.2) is 40.7 Å². The van der Waals surface area contributed by atoms with Gasteiger partial charge >= 0.3 is 5.97 Å². The third-order valence-electron chi connectivity index (χ3n) is 4.28. The Labute approximate surface area is 133 Å². The summed E-state index contributed by atoms with van der Waals surface area (Å²) in [6, 6.07) is 6.11. The third-order valence-corrected chi connectivity index (χ3v) is 4.28. The Kier molecular flexibility index (Phi) is 4.34. The quantitative estimate of drug-likeness (QED) is 0.784. The zero-order valence-electron chi connectivity index (χ0n) is 13.0. The molecule has 0 saturated carbocycles. The van der Waals surface area contributed by atoms with E-state index in [4.69, 9.17) is 9.84 Å². The summed E-state index contributed by atoms with van der Waals surface area (Å²) in [5, 5.41) is 12.9. The number of hydrogen-bond acceptors (Lipinski definition) is 3. The van der Waals surface area contributed by atoms with Crippen LogP contribution in [0.25, 0.3) is 10.9 Å². The normalized spacial score (nSPS) is 20.7. The molecule has 0 aliphatic carbocycles. The molecule has 0 bridgehead atoms. The lowest BCUT2D eigenvalue weighted by Crippen LogP contribution is -2.36. The second-order valence-corrected chi connectivity index (χ2v) is 5.88. The molecule has 6 nitrogen and oxygen atoms in total. The summed E-state index contributed by atoms with van der Waals surface area (Å²) in [5.41, 5.74) is 3.46. The monoisotopic (exact) mass is 316 g/mol. The second kappa shape index (κ2) is 6.42. The van der Waals surface area contributed by atoms with E-state index in [-0.39, 0.29) is 5.91 Å². The minimum Gasteiger partial charge on any atom is -0.479 e. The van der Waals surface area contributed by atoms with Gasteiger partial charge in [-0.1, -0.05) is 12.1 Å². The number of aromatic amines is 1. The number of amides is 1. The van der Waals surface area contributed by atoms with Gasteiger partial charge in [-0.25, -0.2) is 4.79 Å². The molecule has 3 N–H and O–H groups in total. The lowest BCUT2D eigenvalue weighted by molar-refractivity contribution is -0.151. The van der Waals surface area contributed by atoms with Gasteiger partial charge in [-0.2, -0.15) is 0 Å². The first-order valence-electron chi connectivity index (χ1n) is 7.78. The van der Waals surface area contributed by atoms with Crippen LogP contribution in [0, 0.1) is 6.92 Å². The molecule has 1 amide bonds. The fraction of sp³-hybridized carbons (Fsp3) is 0.412. The molecular weight excluding hydrogens is 296 g/mol. The smallest absolute Gasteiger partial charge is 0.332 e. The van der Waals surface area contributed by atoms with Gasteiger partial charge in [0.05, 0.1) is 0 Å². The van der Waals surface area contributed by atoms with Crippen molar-refractivity contribution in [3.05, 3.63) is 35.5 Å².